The standard InChI is InChI=1S/C16H16FNO2/c1-19-16-10-11(17)6-7-14(16)18-13-8-9-20-15-5-3-2-4-12(13)15/h2-7,10,13,18H,8-9H2,1H3. The number of halogens is 1. The van der Waals surface area contributed by atoms with Crippen molar-refractivity contribution in [2.24, 2.45) is 0 Å². The van der Waals surface area contributed by atoms with Crippen LogP contribution in [-0.4, -0.2) is 13.7 Å². The minimum atomic E-state index is -0.306. The van der Waals surface area contributed by atoms with Crippen LogP contribution in [0.1, 0.15) is 18.0 Å². The second kappa shape index (κ2) is 5.41. The normalized spacial score (nSPS) is 17.0. The van der Waals surface area contributed by atoms with Crippen molar-refractivity contribution in [2.45, 2.75) is 12.5 Å². The summed E-state index contributed by atoms with van der Waals surface area (Å²) in [4.78, 5) is 0. The van der Waals surface area contributed by atoms with E-state index in [2.05, 4.69) is 5.32 Å². The van der Waals surface area contributed by atoms with Crippen LogP contribution in [-0.2, 0) is 0 Å². The van der Waals surface area contributed by atoms with Crippen LogP contribution in [0.25, 0.3) is 0 Å². The third-order valence-electron chi connectivity index (χ3n) is 3.45. The van der Waals surface area contributed by atoms with Crippen LogP contribution in [0.15, 0.2) is 42.5 Å². The first kappa shape index (κ1) is 12.8. The second-order valence-electron chi connectivity index (χ2n) is 4.72. The maximum atomic E-state index is 13.2. The van der Waals surface area contributed by atoms with E-state index in [1.54, 1.807) is 6.07 Å². The van der Waals surface area contributed by atoms with E-state index in [9.17, 15) is 4.39 Å². The molecular formula is C16H16FNO2. The number of hydrogen-bond acceptors (Lipinski definition) is 3. The molecule has 0 aliphatic carbocycles. The molecule has 2 aromatic carbocycles. The van der Waals surface area contributed by atoms with E-state index in [1.165, 1.54) is 19.2 Å². The molecule has 2 aromatic rings. The average Bonchev–Trinajstić information content (AvgIpc) is 2.49. The Morgan fingerprint density at radius 3 is 2.95 bits per heavy atom. The number of benzene rings is 2. The highest BCUT2D eigenvalue weighted by Crippen LogP contribution is 2.36. The third-order valence-corrected chi connectivity index (χ3v) is 3.45. The summed E-state index contributed by atoms with van der Waals surface area (Å²) in [6, 6.07) is 12.6. The monoisotopic (exact) mass is 273 g/mol. The number of rotatable bonds is 3. The van der Waals surface area contributed by atoms with Crippen LogP contribution < -0.4 is 14.8 Å². The Bertz CT molecular complexity index is 615. The van der Waals surface area contributed by atoms with Crippen molar-refractivity contribution in [3.8, 4) is 11.5 Å². The van der Waals surface area contributed by atoms with E-state index < -0.39 is 0 Å². The van der Waals surface area contributed by atoms with Crippen molar-refractivity contribution in [3.05, 3.63) is 53.8 Å². The molecule has 0 fully saturated rings. The van der Waals surface area contributed by atoms with Gasteiger partial charge in [0.15, 0.2) is 0 Å². The van der Waals surface area contributed by atoms with Gasteiger partial charge in [0.05, 0.1) is 25.4 Å². The van der Waals surface area contributed by atoms with Crippen molar-refractivity contribution >= 4 is 5.69 Å². The number of methoxy groups -OCH3 is 1. The molecule has 1 heterocycles. The van der Waals surface area contributed by atoms with Crippen molar-refractivity contribution in [2.75, 3.05) is 19.0 Å². The van der Waals surface area contributed by atoms with Gasteiger partial charge >= 0.3 is 0 Å². The van der Waals surface area contributed by atoms with Gasteiger partial charge in [0.25, 0.3) is 0 Å². The smallest absolute Gasteiger partial charge is 0.144 e. The fourth-order valence-electron chi connectivity index (χ4n) is 2.46. The fraction of sp³-hybridized carbons (Fsp3) is 0.250. The highest BCUT2D eigenvalue weighted by Gasteiger charge is 2.21. The summed E-state index contributed by atoms with van der Waals surface area (Å²) < 4.78 is 24.1. The van der Waals surface area contributed by atoms with E-state index in [-0.39, 0.29) is 11.9 Å². The van der Waals surface area contributed by atoms with Crippen LogP contribution in [0.4, 0.5) is 10.1 Å². The molecular weight excluding hydrogens is 257 g/mol. The van der Waals surface area contributed by atoms with Gasteiger partial charge < -0.3 is 14.8 Å². The molecule has 0 spiro atoms. The van der Waals surface area contributed by atoms with E-state index in [4.69, 9.17) is 9.47 Å². The first-order valence-electron chi connectivity index (χ1n) is 6.60. The van der Waals surface area contributed by atoms with Gasteiger partial charge in [-0.15, -0.1) is 0 Å². The number of hydrogen-bond donors (Lipinski definition) is 1. The Hall–Kier alpha value is -2.23. The minimum Gasteiger partial charge on any atom is -0.494 e. The third kappa shape index (κ3) is 2.41. The van der Waals surface area contributed by atoms with Gasteiger partial charge in [-0.2, -0.15) is 0 Å². The SMILES string of the molecule is COc1cc(F)ccc1NC1CCOc2ccccc21. The van der Waals surface area contributed by atoms with Gasteiger partial charge in [-0.25, -0.2) is 4.39 Å². The number of anilines is 1. The molecule has 0 amide bonds. The van der Waals surface area contributed by atoms with E-state index >= 15 is 0 Å². The second-order valence-corrected chi connectivity index (χ2v) is 4.72. The Labute approximate surface area is 117 Å². The summed E-state index contributed by atoms with van der Waals surface area (Å²) in [6.45, 7) is 0.665. The van der Waals surface area contributed by atoms with Crippen LogP contribution in [0, 0.1) is 5.82 Å². The Kier molecular flexibility index (Phi) is 3.46. The van der Waals surface area contributed by atoms with E-state index in [0.717, 1.165) is 23.4 Å². The first-order valence-corrected chi connectivity index (χ1v) is 6.60. The van der Waals surface area contributed by atoms with Gasteiger partial charge in [-0.05, 0) is 18.2 Å². The van der Waals surface area contributed by atoms with Gasteiger partial charge in [0, 0.05) is 18.1 Å². The Morgan fingerprint density at radius 2 is 2.10 bits per heavy atom. The predicted octanol–water partition coefficient (Wildman–Crippen LogP) is 3.77. The molecule has 0 radical (unpaired) electrons. The van der Waals surface area contributed by atoms with Crippen LogP contribution in [0.5, 0.6) is 11.5 Å². The average molecular weight is 273 g/mol. The summed E-state index contributed by atoms with van der Waals surface area (Å²) in [5.74, 6) is 1.10. The molecule has 0 aromatic heterocycles. The molecule has 0 bridgehead atoms. The van der Waals surface area contributed by atoms with Gasteiger partial charge in [0.2, 0.25) is 0 Å². The van der Waals surface area contributed by atoms with Gasteiger partial charge in [0.1, 0.15) is 17.3 Å². The lowest BCUT2D eigenvalue weighted by molar-refractivity contribution is 0.274. The van der Waals surface area contributed by atoms with Gasteiger partial charge in [-0.3, -0.25) is 0 Å². The maximum Gasteiger partial charge on any atom is 0.144 e. The number of nitrogens with one attached hydrogen (secondary N) is 1. The largest absolute Gasteiger partial charge is 0.494 e. The van der Waals surface area contributed by atoms with Crippen molar-refractivity contribution in [1.82, 2.24) is 0 Å². The molecule has 1 aliphatic heterocycles. The lowest BCUT2D eigenvalue weighted by Crippen LogP contribution is -2.20. The van der Waals surface area contributed by atoms with Gasteiger partial charge in [-0.1, -0.05) is 18.2 Å². The topological polar surface area (TPSA) is 30.5 Å². The van der Waals surface area contributed by atoms with E-state index in [0.29, 0.717) is 12.4 Å². The number of para-hydroxylation sites is 1. The van der Waals surface area contributed by atoms with Crippen LogP contribution in [0.2, 0.25) is 0 Å². The summed E-state index contributed by atoms with van der Waals surface area (Å²) in [5, 5.41) is 3.41. The van der Waals surface area contributed by atoms with Crippen LogP contribution >= 0.6 is 0 Å². The van der Waals surface area contributed by atoms with Crippen molar-refractivity contribution in [1.29, 1.82) is 0 Å². The highest BCUT2D eigenvalue weighted by molar-refractivity contribution is 5.58. The molecule has 0 saturated carbocycles. The fourth-order valence-corrected chi connectivity index (χ4v) is 2.46. The zero-order chi connectivity index (χ0) is 13.9. The molecule has 1 aliphatic rings. The molecule has 3 nitrogen and oxygen atoms in total. The number of fused-ring (bicyclic) bond motifs is 1. The van der Waals surface area contributed by atoms with Crippen molar-refractivity contribution in [3.63, 3.8) is 0 Å². The predicted molar refractivity (Wildman–Crippen MR) is 75.9 cm³/mol. The molecule has 1 unspecified atom stereocenters. The summed E-state index contributed by atoms with van der Waals surface area (Å²) >= 11 is 0. The summed E-state index contributed by atoms with van der Waals surface area (Å²) in [5.41, 5.74) is 1.90. The molecule has 104 valence electrons. The summed E-state index contributed by atoms with van der Waals surface area (Å²) in [6.07, 6.45) is 0.859. The van der Waals surface area contributed by atoms with Crippen LogP contribution in [0.3, 0.4) is 0 Å². The maximum absolute atomic E-state index is 13.2. The summed E-state index contributed by atoms with van der Waals surface area (Å²) in [7, 11) is 1.54. The lowest BCUT2D eigenvalue weighted by atomic mass is 10.0. The zero-order valence-corrected chi connectivity index (χ0v) is 11.2. The number of ether oxygens (including phenoxy) is 2. The quantitative estimate of drug-likeness (QED) is 0.923. The molecule has 0 saturated heterocycles. The molecule has 1 atom stereocenters. The van der Waals surface area contributed by atoms with E-state index in [1.807, 2.05) is 24.3 Å². The highest BCUT2D eigenvalue weighted by atomic mass is 19.1. The lowest BCUT2D eigenvalue weighted by Gasteiger charge is -2.28. The zero-order valence-electron chi connectivity index (χ0n) is 11.2. The molecule has 4 heteroatoms. The molecule has 20 heavy (non-hydrogen) atoms. The Balaban J connectivity index is 1.89. The minimum absolute atomic E-state index is 0.138. The molecule has 3 rings (SSSR count). The molecule has 1 N–H and O–H groups in total. The Morgan fingerprint density at radius 1 is 1.25 bits per heavy atom. The van der Waals surface area contributed by atoms with Crippen molar-refractivity contribution < 1.29 is 13.9 Å². The first-order chi connectivity index (χ1) is 9.78.